The summed E-state index contributed by atoms with van der Waals surface area (Å²) in [4.78, 5) is 15.0. The highest BCUT2D eigenvalue weighted by atomic mass is 16.2. The van der Waals surface area contributed by atoms with Crippen molar-refractivity contribution in [2.45, 2.75) is 19.4 Å². The molecule has 0 aliphatic heterocycles. The fourth-order valence-corrected chi connectivity index (χ4v) is 2.79. The molecule has 1 amide bonds. The largest absolute Gasteiger partial charge is 0.307 e. The lowest BCUT2D eigenvalue weighted by Gasteiger charge is -2.26. The van der Waals surface area contributed by atoms with Crippen LogP contribution in [0.1, 0.15) is 24.0 Å². The summed E-state index contributed by atoms with van der Waals surface area (Å²) in [5, 5.41) is 0. The molecule has 2 heteroatoms. The zero-order valence-corrected chi connectivity index (χ0v) is 13.8. The first-order valence-corrected chi connectivity index (χ1v) is 8.21. The summed E-state index contributed by atoms with van der Waals surface area (Å²) < 4.78 is 0. The first kappa shape index (κ1) is 16.0. The fraction of sp³-hybridized carbons (Fsp3) is 0.136. The number of hydrogen-bond acceptors (Lipinski definition) is 1. The molecule has 0 aliphatic rings. The van der Waals surface area contributed by atoms with Gasteiger partial charge in [0.1, 0.15) is 0 Å². The molecule has 0 radical (unpaired) electrons. The van der Waals surface area contributed by atoms with E-state index in [2.05, 4.69) is 12.1 Å². The molecular formula is C22H21NO. The summed E-state index contributed by atoms with van der Waals surface area (Å²) in [6.45, 7) is 2.54. The Morgan fingerprint density at radius 3 is 1.88 bits per heavy atom. The molecule has 0 spiro atoms. The minimum atomic E-state index is -0.185. The van der Waals surface area contributed by atoms with E-state index in [1.54, 1.807) is 0 Å². The highest BCUT2D eigenvalue weighted by Gasteiger charge is 2.23. The molecule has 0 fully saturated rings. The molecule has 3 rings (SSSR count). The van der Waals surface area contributed by atoms with Crippen molar-refractivity contribution in [3.63, 3.8) is 0 Å². The van der Waals surface area contributed by atoms with Crippen molar-refractivity contribution in [3.8, 4) is 0 Å². The van der Waals surface area contributed by atoms with Crippen molar-refractivity contribution in [3.05, 3.63) is 102 Å². The van der Waals surface area contributed by atoms with Gasteiger partial charge < -0.3 is 4.90 Å². The topological polar surface area (TPSA) is 20.3 Å². The Bertz CT molecular complexity index is 769. The highest BCUT2D eigenvalue weighted by molar-refractivity contribution is 5.97. The molecule has 0 saturated carbocycles. The molecule has 0 aromatic heterocycles. The van der Waals surface area contributed by atoms with E-state index >= 15 is 0 Å². The minimum absolute atomic E-state index is 0.108. The van der Waals surface area contributed by atoms with E-state index in [0.29, 0.717) is 6.54 Å². The van der Waals surface area contributed by atoms with Gasteiger partial charge in [-0.2, -0.15) is 0 Å². The first-order chi connectivity index (χ1) is 11.8. The van der Waals surface area contributed by atoms with Gasteiger partial charge in [-0.1, -0.05) is 78.9 Å². The van der Waals surface area contributed by atoms with E-state index in [-0.39, 0.29) is 11.8 Å². The molecule has 0 heterocycles. The second-order valence-corrected chi connectivity index (χ2v) is 5.88. The molecule has 0 saturated heterocycles. The van der Waals surface area contributed by atoms with Gasteiger partial charge in [0.15, 0.2) is 0 Å². The Morgan fingerprint density at radius 2 is 1.29 bits per heavy atom. The number of rotatable bonds is 5. The van der Waals surface area contributed by atoms with Gasteiger partial charge in [0.2, 0.25) is 5.91 Å². The molecule has 3 aromatic rings. The SMILES string of the molecule is C[C@H](C(=O)N(Cc1ccccc1)c1ccccc1)c1ccccc1. The Hall–Kier alpha value is -2.87. The van der Waals surface area contributed by atoms with Crippen LogP contribution in [0, 0.1) is 0 Å². The third-order valence-electron chi connectivity index (χ3n) is 4.19. The van der Waals surface area contributed by atoms with Crippen LogP contribution < -0.4 is 4.90 Å². The molecule has 0 N–H and O–H groups in total. The van der Waals surface area contributed by atoms with Crippen LogP contribution in [-0.4, -0.2) is 5.91 Å². The lowest BCUT2D eigenvalue weighted by atomic mass is 9.99. The second kappa shape index (κ2) is 7.60. The zero-order valence-electron chi connectivity index (χ0n) is 13.8. The molecule has 0 aliphatic carbocycles. The summed E-state index contributed by atoms with van der Waals surface area (Å²) in [6, 6.07) is 29.9. The third kappa shape index (κ3) is 3.72. The summed E-state index contributed by atoms with van der Waals surface area (Å²) in [6.07, 6.45) is 0. The van der Waals surface area contributed by atoms with Crippen LogP contribution in [0.5, 0.6) is 0 Å². The van der Waals surface area contributed by atoms with Gasteiger partial charge in [0.05, 0.1) is 12.5 Å². The number of amides is 1. The van der Waals surface area contributed by atoms with Crippen molar-refractivity contribution in [2.75, 3.05) is 4.90 Å². The van der Waals surface area contributed by atoms with Gasteiger partial charge in [-0.25, -0.2) is 0 Å². The number of benzene rings is 3. The average molecular weight is 315 g/mol. The van der Waals surface area contributed by atoms with E-state index in [4.69, 9.17) is 0 Å². The van der Waals surface area contributed by atoms with E-state index in [1.807, 2.05) is 90.7 Å². The Balaban J connectivity index is 1.91. The summed E-state index contributed by atoms with van der Waals surface area (Å²) in [7, 11) is 0. The maximum absolute atomic E-state index is 13.2. The van der Waals surface area contributed by atoms with Crippen LogP contribution in [0.25, 0.3) is 0 Å². The van der Waals surface area contributed by atoms with Crippen LogP contribution in [0.15, 0.2) is 91.0 Å². The fourth-order valence-electron chi connectivity index (χ4n) is 2.79. The standard InChI is InChI=1S/C22H21NO/c1-18(20-13-7-3-8-14-20)22(24)23(21-15-9-4-10-16-21)17-19-11-5-2-6-12-19/h2-16,18H,17H2,1H3/t18-/m0/s1. The molecule has 1 atom stereocenters. The molecule has 0 bridgehead atoms. The van der Waals surface area contributed by atoms with Crippen molar-refractivity contribution in [1.29, 1.82) is 0 Å². The molecule has 24 heavy (non-hydrogen) atoms. The predicted octanol–water partition coefficient (Wildman–Crippen LogP) is 5.02. The number of para-hydroxylation sites is 1. The van der Waals surface area contributed by atoms with Gasteiger partial charge in [0.25, 0.3) is 0 Å². The van der Waals surface area contributed by atoms with E-state index in [9.17, 15) is 4.79 Å². The normalized spacial score (nSPS) is 11.7. The number of carbonyl (C=O) groups is 1. The van der Waals surface area contributed by atoms with Crippen molar-refractivity contribution in [1.82, 2.24) is 0 Å². The van der Waals surface area contributed by atoms with Gasteiger partial charge >= 0.3 is 0 Å². The first-order valence-electron chi connectivity index (χ1n) is 8.21. The molecule has 2 nitrogen and oxygen atoms in total. The van der Waals surface area contributed by atoms with Crippen molar-refractivity contribution < 1.29 is 4.79 Å². The van der Waals surface area contributed by atoms with E-state index in [0.717, 1.165) is 16.8 Å². The molecular weight excluding hydrogens is 294 g/mol. The Kier molecular flexibility index (Phi) is 5.07. The average Bonchev–Trinajstić information content (AvgIpc) is 2.67. The van der Waals surface area contributed by atoms with Gasteiger partial charge in [-0.05, 0) is 30.2 Å². The van der Waals surface area contributed by atoms with Gasteiger partial charge in [0, 0.05) is 5.69 Å². The van der Waals surface area contributed by atoms with Crippen LogP contribution in [-0.2, 0) is 11.3 Å². The summed E-state index contributed by atoms with van der Waals surface area (Å²) in [5.41, 5.74) is 3.08. The maximum atomic E-state index is 13.2. The van der Waals surface area contributed by atoms with Crippen LogP contribution in [0.3, 0.4) is 0 Å². The lowest BCUT2D eigenvalue weighted by Crippen LogP contribution is -2.33. The van der Waals surface area contributed by atoms with Crippen LogP contribution >= 0.6 is 0 Å². The molecule has 0 unspecified atom stereocenters. The monoisotopic (exact) mass is 315 g/mol. The molecule has 3 aromatic carbocycles. The van der Waals surface area contributed by atoms with Gasteiger partial charge in [-0.15, -0.1) is 0 Å². The Morgan fingerprint density at radius 1 is 0.792 bits per heavy atom. The third-order valence-corrected chi connectivity index (χ3v) is 4.19. The molecule has 120 valence electrons. The summed E-state index contributed by atoms with van der Waals surface area (Å²) in [5.74, 6) is -0.0774. The zero-order chi connectivity index (χ0) is 16.8. The van der Waals surface area contributed by atoms with Crippen molar-refractivity contribution >= 4 is 11.6 Å². The number of hydrogen-bond donors (Lipinski definition) is 0. The maximum Gasteiger partial charge on any atom is 0.234 e. The van der Waals surface area contributed by atoms with E-state index in [1.165, 1.54) is 0 Å². The quantitative estimate of drug-likeness (QED) is 0.647. The number of nitrogens with zero attached hydrogens (tertiary/aromatic N) is 1. The minimum Gasteiger partial charge on any atom is -0.307 e. The Labute approximate surface area is 143 Å². The lowest BCUT2D eigenvalue weighted by molar-refractivity contribution is -0.119. The van der Waals surface area contributed by atoms with Gasteiger partial charge in [-0.3, -0.25) is 4.79 Å². The summed E-state index contributed by atoms with van der Waals surface area (Å²) >= 11 is 0. The number of anilines is 1. The van der Waals surface area contributed by atoms with Crippen LogP contribution in [0.4, 0.5) is 5.69 Å². The van der Waals surface area contributed by atoms with E-state index < -0.39 is 0 Å². The number of carbonyl (C=O) groups excluding carboxylic acids is 1. The van der Waals surface area contributed by atoms with Crippen molar-refractivity contribution in [2.24, 2.45) is 0 Å². The second-order valence-electron chi connectivity index (χ2n) is 5.88. The van der Waals surface area contributed by atoms with Crippen LogP contribution in [0.2, 0.25) is 0 Å². The predicted molar refractivity (Wildman–Crippen MR) is 98.9 cm³/mol. The smallest absolute Gasteiger partial charge is 0.234 e. The highest BCUT2D eigenvalue weighted by Crippen LogP contribution is 2.24.